The van der Waals surface area contributed by atoms with Crippen LogP contribution in [0, 0.1) is 0 Å². The average Bonchev–Trinajstić information content (AvgIpc) is 2.77. The van der Waals surface area contributed by atoms with Crippen molar-refractivity contribution in [3.05, 3.63) is 23.2 Å². The molecule has 1 saturated heterocycles. The monoisotopic (exact) mass is 255 g/mol. The summed E-state index contributed by atoms with van der Waals surface area (Å²) in [6, 6.07) is 4.76. The fourth-order valence-corrected chi connectivity index (χ4v) is 2.37. The standard InChI is InChI=1S/C12H14ClNO3/c1-17-11-5-4-8(13)7-10(11)14-6-2-3-9(14)12(15)16/h4-5,7,9H,2-3,6H2,1H3,(H,15,16). The summed E-state index contributed by atoms with van der Waals surface area (Å²) in [5.74, 6) is -0.146. The largest absolute Gasteiger partial charge is 0.495 e. The second kappa shape index (κ2) is 4.84. The summed E-state index contributed by atoms with van der Waals surface area (Å²) in [5, 5.41) is 9.74. The number of hydrogen-bond acceptors (Lipinski definition) is 3. The maximum Gasteiger partial charge on any atom is 0.326 e. The fourth-order valence-electron chi connectivity index (χ4n) is 2.20. The molecule has 1 heterocycles. The molecule has 2 rings (SSSR count). The maximum atomic E-state index is 11.2. The van der Waals surface area contributed by atoms with E-state index in [1.54, 1.807) is 25.3 Å². The van der Waals surface area contributed by atoms with Crippen molar-refractivity contribution in [2.75, 3.05) is 18.6 Å². The van der Waals surface area contributed by atoms with Gasteiger partial charge < -0.3 is 14.7 Å². The highest BCUT2D eigenvalue weighted by atomic mass is 35.5. The molecule has 0 radical (unpaired) electrons. The van der Waals surface area contributed by atoms with E-state index in [1.807, 2.05) is 4.90 Å². The Morgan fingerprint density at radius 2 is 2.35 bits per heavy atom. The molecule has 1 N–H and O–H groups in total. The Morgan fingerprint density at radius 1 is 1.59 bits per heavy atom. The number of methoxy groups -OCH3 is 1. The molecule has 1 atom stereocenters. The Kier molecular flexibility index (Phi) is 3.43. The number of ether oxygens (including phenoxy) is 1. The molecule has 92 valence electrons. The van der Waals surface area contributed by atoms with Gasteiger partial charge >= 0.3 is 5.97 Å². The lowest BCUT2D eigenvalue weighted by atomic mass is 10.2. The third-order valence-corrected chi connectivity index (χ3v) is 3.22. The molecule has 0 spiro atoms. The summed E-state index contributed by atoms with van der Waals surface area (Å²) in [4.78, 5) is 13.0. The molecular formula is C12H14ClNO3. The zero-order chi connectivity index (χ0) is 12.4. The van der Waals surface area contributed by atoms with Crippen LogP contribution in [-0.4, -0.2) is 30.8 Å². The Labute approximate surface area is 105 Å². The normalized spacial score (nSPS) is 19.4. The maximum absolute atomic E-state index is 11.2. The molecular weight excluding hydrogens is 242 g/mol. The molecule has 17 heavy (non-hydrogen) atoms. The third kappa shape index (κ3) is 2.31. The van der Waals surface area contributed by atoms with Gasteiger partial charge in [-0.1, -0.05) is 11.6 Å². The fraction of sp³-hybridized carbons (Fsp3) is 0.417. The van der Waals surface area contributed by atoms with Crippen LogP contribution < -0.4 is 9.64 Å². The van der Waals surface area contributed by atoms with E-state index in [9.17, 15) is 4.79 Å². The van der Waals surface area contributed by atoms with Crippen LogP contribution in [0.2, 0.25) is 5.02 Å². The molecule has 0 bridgehead atoms. The highest BCUT2D eigenvalue weighted by Crippen LogP contribution is 2.35. The molecule has 1 aliphatic rings. The zero-order valence-corrected chi connectivity index (χ0v) is 10.3. The number of nitrogens with zero attached hydrogens (tertiary/aromatic N) is 1. The van der Waals surface area contributed by atoms with Gasteiger partial charge in [-0.15, -0.1) is 0 Å². The predicted octanol–water partition coefficient (Wildman–Crippen LogP) is 2.40. The van der Waals surface area contributed by atoms with Crippen LogP contribution in [0.5, 0.6) is 5.75 Å². The summed E-state index contributed by atoms with van der Waals surface area (Å²) >= 11 is 5.95. The average molecular weight is 256 g/mol. The molecule has 5 heteroatoms. The molecule has 0 aromatic heterocycles. The van der Waals surface area contributed by atoms with E-state index in [0.717, 1.165) is 12.1 Å². The van der Waals surface area contributed by atoms with E-state index >= 15 is 0 Å². The first-order valence-corrected chi connectivity index (χ1v) is 5.84. The first-order valence-electron chi connectivity index (χ1n) is 5.46. The molecule has 0 amide bonds. The van der Waals surface area contributed by atoms with Crippen LogP contribution in [0.1, 0.15) is 12.8 Å². The topological polar surface area (TPSA) is 49.8 Å². The van der Waals surface area contributed by atoms with Gasteiger partial charge in [0.1, 0.15) is 11.8 Å². The Hall–Kier alpha value is -1.42. The SMILES string of the molecule is COc1ccc(Cl)cc1N1CCCC1C(=O)O. The second-order valence-electron chi connectivity index (χ2n) is 4.01. The number of carboxylic acids is 1. The number of aliphatic carboxylic acids is 1. The lowest BCUT2D eigenvalue weighted by Gasteiger charge is -2.25. The highest BCUT2D eigenvalue weighted by molar-refractivity contribution is 6.31. The van der Waals surface area contributed by atoms with Gasteiger partial charge in [-0.25, -0.2) is 4.79 Å². The Morgan fingerprint density at radius 3 is 3.00 bits per heavy atom. The van der Waals surface area contributed by atoms with Crippen LogP contribution in [-0.2, 0) is 4.79 Å². The summed E-state index contributed by atoms with van der Waals surface area (Å²) in [7, 11) is 1.57. The van der Waals surface area contributed by atoms with Gasteiger partial charge in [-0.3, -0.25) is 0 Å². The van der Waals surface area contributed by atoms with Crippen molar-refractivity contribution in [3.8, 4) is 5.75 Å². The number of benzene rings is 1. The van der Waals surface area contributed by atoms with Crippen LogP contribution in [0.3, 0.4) is 0 Å². The first kappa shape index (κ1) is 12.0. The number of carboxylic acid groups (broad SMARTS) is 1. The molecule has 1 unspecified atom stereocenters. The number of carbonyl (C=O) groups is 1. The van der Waals surface area contributed by atoms with Gasteiger partial charge in [0.25, 0.3) is 0 Å². The van der Waals surface area contributed by atoms with E-state index in [4.69, 9.17) is 21.4 Å². The third-order valence-electron chi connectivity index (χ3n) is 2.99. The first-order chi connectivity index (χ1) is 8.13. The molecule has 0 saturated carbocycles. The number of halogens is 1. The van der Waals surface area contributed by atoms with Gasteiger partial charge in [0.05, 0.1) is 12.8 Å². The Balaban J connectivity index is 2.38. The van der Waals surface area contributed by atoms with Crippen LogP contribution in [0.25, 0.3) is 0 Å². The molecule has 1 aromatic carbocycles. The molecule has 1 aromatic rings. The zero-order valence-electron chi connectivity index (χ0n) is 9.52. The lowest BCUT2D eigenvalue weighted by molar-refractivity contribution is -0.138. The quantitative estimate of drug-likeness (QED) is 0.901. The smallest absolute Gasteiger partial charge is 0.326 e. The number of hydrogen-bond donors (Lipinski definition) is 1. The van der Waals surface area contributed by atoms with Crippen LogP contribution in [0.15, 0.2) is 18.2 Å². The Bertz CT molecular complexity index is 436. The second-order valence-corrected chi connectivity index (χ2v) is 4.44. The van der Waals surface area contributed by atoms with Crippen molar-refractivity contribution < 1.29 is 14.6 Å². The predicted molar refractivity (Wildman–Crippen MR) is 66.0 cm³/mol. The highest BCUT2D eigenvalue weighted by Gasteiger charge is 2.32. The van der Waals surface area contributed by atoms with Gasteiger partial charge in [0.2, 0.25) is 0 Å². The minimum Gasteiger partial charge on any atom is -0.495 e. The molecule has 0 aliphatic carbocycles. The molecule has 4 nitrogen and oxygen atoms in total. The van der Waals surface area contributed by atoms with Crippen molar-refractivity contribution in [1.82, 2.24) is 0 Å². The molecule has 1 fully saturated rings. The number of rotatable bonds is 3. The molecule has 1 aliphatic heterocycles. The van der Waals surface area contributed by atoms with Crippen molar-refractivity contribution in [2.45, 2.75) is 18.9 Å². The van der Waals surface area contributed by atoms with Crippen molar-refractivity contribution in [1.29, 1.82) is 0 Å². The van der Waals surface area contributed by atoms with E-state index < -0.39 is 12.0 Å². The summed E-state index contributed by atoms with van der Waals surface area (Å²) in [6.07, 6.45) is 1.53. The lowest BCUT2D eigenvalue weighted by Crippen LogP contribution is -2.36. The van der Waals surface area contributed by atoms with Crippen LogP contribution in [0.4, 0.5) is 5.69 Å². The minimum atomic E-state index is -0.801. The van der Waals surface area contributed by atoms with E-state index in [1.165, 1.54) is 0 Å². The number of anilines is 1. The van der Waals surface area contributed by atoms with Crippen molar-refractivity contribution in [2.24, 2.45) is 0 Å². The van der Waals surface area contributed by atoms with Gasteiger partial charge in [0.15, 0.2) is 0 Å². The summed E-state index contributed by atoms with van der Waals surface area (Å²) in [6.45, 7) is 0.716. The van der Waals surface area contributed by atoms with Gasteiger partial charge in [-0.05, 0) is 31.0 Å². The van der Waals surface area contributed by atoms with Gasteiger partial charge in [0, 0.05) is 11.6 Å². The summed E-state index contributed by atoms with van der Waals surface area (Å²) in [5.41, 5.74) is 0.755. The van der Waals surface area contributed by atoms with Gasteiger partial charge in [-0.2, -0.15) is 0 Å². The van der Waals surface area contributed by atoms with Crippen molar-refractivity contribution >= 4 is 23.3 Å². The van der Waals surface area contributed by atoms with Crippen LogP contribution >= 0.6 is 11.6 Å². The van der Waals surface area contributed by atoms with E-state index in [2.05, 4.69) is 0 Å². The summed E-state index contributed by atoms with van der Waals surface area (Å²) < 4.78 is 5.25. The van der Waals surface area contributed by atoms with E-state index in [-0.39, 0.29) is 0 Å². The van der Waals surface area contributed by atoms with E-state index in [0.29, 0.717) is 23.7 Å². The minimum absolute atomic E-state index is 0.484. The van der Waals surface area contributed by atoms with Crippen molar-refractivity contribution in [3.63, 3.8) is 0 Å².